The summed E-state index contributed by atoms with van der Waals surface area (Å²) in [5, 5.41) is 14.5. The van der Waals surface area contributed by atoms with Crippen LogP contribution in [-0.4, -0.2) is 27.8 Å². The Kier molecular flexibility index (Phi) is 7.02. The third-order valence-corrected chi connectivity index (χ3v) is 6.03. The van der Waals surface area contributed by atoms with E-state index in [1.807, 2.05) is 43.3 Å². The number of hydrogen-bond donors (Lipinski definition) is 2. The third kappa shape index (κ3) is 5.79. The summed E-state index contributed by atoms with van der Waals surface area (Å²) in [4.78, 5) is 24.3. The largest absolute Gasteiger partial charge is 0.351 e. The van der Waals surface area contributed by atoms with E-state index in [9.17, 15) is 9.59 Å². The second-order valence-electron chi connectivity index (χ2n) is 5.83. The van der Waals surface area contributed by atoms with Crippen LogP contribution in [0.4, 0.5) is 5.69 Å². The van der Waals surface area contributed by atoms with Gasteiger partial charge in [0.05, 0.1) is 5.75 Å². The van der Waals surface area contributed by atoms with Crippen LogP contribution in [0.25, 0.3) is 0 Å². The van der Waals surface area contributed by atoms with Gasteiger partial charge in [0.25, 0.3) is 5.91 Å². The Hall–Kier alpha value is -2.42. The van der Waals surface area contributed by atoms with Crippen molar-refractivity contribution in [1.29, 1.82) is 0 Å². The number of carbonyl (C=O) groups is 2. The van der Waals surface area contributed by atoms with E-state index in [1.165, 1.54) is 11.8 Å². The summed E-state index contributed by atoms with van der Waals surface area (Å²) in [6.45, 7) is 2.34. The molecule has 1 aromatic heterocycles. The van der Waals surface area contributed by atoms with Gasteiger partial charge >= 0.3 is 0 Å². The number of benzene rings is 2. The van der Waals surface area contributed by atoms with Gasteiger partial charge in [-0.15, -0.1) is 10.2 Å². The minimum atomic E-state index is -0.314. The Balaban J connectivity index is 1.47. The van der Waals surface area contributed by atoms with Crippen molar-refractivity contribution in [3.8, 4) is 0 Å². The Morgan fingerprint density at radius 1 is 1.11 bits per heavy atom. The van der Waals surface area contributed by atoms with Gasteiger partial charge in [0.2, 0.25) is 10.9 Å². The minimum Gasteiger partial charge on any atom is -0.351 e. The SMILES string of the molecule is Cc1ccccc1NC(=O)c1nnc(SCC(=O)NCc2ccc(Cl)cc2)s1. The van der Waals surface area contributed by atoms with Crippen LogP contribution < -0.4 is 10.6 Å². The number of carbonyl (C=O) groups excluding carboxylic acids is 2. The monoisotopic (exact) mass is 432 g/mol. The van der Waals surface area contributed by atoms with Crippen molar-refractivity contribution in [2.75, 3.05) is 11.1 Å². The van der Waals surface area contributed by atoms with E-state index in [-0.39, 0.29) is 22.6 Å². The number of nitrogens with zero attached hydrogens (tertiary/aromatic N) is 2. The fourth-order valence-corrected chi connectivity index (χ4v) is 3.93. The summed E-state index contributed by atoms with van der Waals surface area (Å²) in [5.74, 6) is -0.242. The second-order valence-corrected chi connectivity index (χ2v) is 8.47. The highest BCUT2D eigenvalue weighted by Gasteiger charge is 2.15. The van der Waals surface area contributed by atoms with Crippen molar-refractivity contribution in [2.24, 2.45) is 0 Å². The first-order chi connectivity index (χ1) is 13.5. The molecule has 0 fully saturated rings. The first kappa shape index (κ1) is 20.3. The van der Waals surface area contributed by atoms with Crippen molar-refractivity contribution < 1.29 is 9.59 Å². The van der Waals surface area contributed by atoms with Crippen LogP contribution in [-0.2, 0) is 11.3 Å². The number of aryl methyl sites for hydroxylation is 1. The van der Waals surface area contributed by atoms with Gasteiger partial charge in [-0.3, -0.25) is 9.59 Å². The molecule has 0 bridgehead atoms. The van der Waals surface area contributed by atoms with Gasteiger partial charge in [-0.1, -0.05) is 65.0 Å². The number of halogens is 1. The molecule has 1 heterocycles. The Bertz CT molecular complexity index is 976. The van der Waals surface area contributed by atoms with E-state index in [0.717, 1.165) is 28.2 Å². The zero-order chi connectivity index (χ0) is 19.9. The van der Waals surface area contributed by atoms with E-state index < -0.39 is 0 Å². The minimum absolute atomic E-state index is 0.124. The van der Waals surface area contributed by atoms with E-state index in [1.54, 1.807) is 12.1 Å². The van der Waals surface area contributed by atoms with Gasteiger partial charge in [-0.2, -0.15) is 0 Å². The number of thioether (sulfide) groups is 1. The number of amides is 2. The second kappa shape index (κ2) is 9.68. The number of rotatable bonds is 7. The smallest absolute Gasteiger partial charge is 0.286 e. The first-order valence-corrected chi connectivity index (χ1v) is 10.5. The van der Waals surface area contributed by atoms with Crippen molar-refractivity contribution in [2.45, 2.75) is 17.8 Å². The van der Waals surface area contributed by atoms with Gasteiger partial charge in [-0.25, -0.2) is 0 Å². The molecule has 0 saturated heterocycles. The molecule has 0 aliphatic rings. The molecule has 3 aromatic rings. The maximum atomic E-state index is 12.3. The molecule has 0 aliphatic carbocycles. The molecule has 9 heteroatoms. The van der Waals surface area contributed by atoms with Gasteiger partial charge in [0.1, 0.15) is 0 Å². The van der Waals surface area contributed by atoms with Gasteiger partial charge in [-0.05, 0) is 36.2 Å². The molecule has 2 N–H and O–H groups in total. The molecule has 6 nitrogen and oxygen atoms in total. The molecule has 0 saturated carbocycles. The molecule has 0 unspecified atom stereocenters. The molecule has 3 rings (SSSR count). The number of aromatic nitrogens is 2. The summed E-state index contributed by atoms with van der Waals surface area (Å²) >= 11 is 8.24. The summed E-state index contributed by atoms with van der Waals surface area (Å²) < 4.78 is 0.566. The number of nitrogens with one attached hydrogen (secondary N) is 2. The maximum Gasteiger partial charge on any atom is 0.286 e. The van der Waals surface area contributed by atoms with Gasteiger partial charge in [0.15, 0.2) is 4.34 Å². The molecule has 0 spiro atoms. The highest BCUT2D eigenvalue weighted by molar-refractivity contribution is 8.01. The van der Waals surface area contributed by atoms with E-state index >= 15 is 0 Å². The fourth-order valence-electron chi connectivity index (χ4n) is 2.23. The van der Waals surface area contributed by atoms with E-state index in [0.29, 0.717) is 15.9 Å². The van der Waals surface area contributed by atoms with E-state index in [4.69, 9.17) is 11.6 Å². The van der Waals surface area contributed by atoms with Gasteiger partial charge in [0, 0.05) is 17.3 Å². The van der Waals surface area contributed by atoms with Crippen molar-refractivity contribution in [3.05, 3.63) is 69.7 Å². The average molecular weight is 433 g/mol. The lowest BCUT2D eigenvalue weighted by Gasteiger charge is -2.05. The average Bonchev–Trinajstić information content (AvgIpc) is 3.17. The first-order valence-electron chi connectivity index (χ1n) is 8.35. The molecular weight excluding hydrogens is 416 g/mol. The Labute approximate surface area is 175 Å². The van der Waals surface area contributed by atoms with Crippen LogP contribution in [0.1, 0.15) is 20.9 Å². The predicted molar refractivity (Wildman–Crippen MR) is 113 cm³/mol. The van der Waals surface area contributed by atoms with Crippen LogP contribution in [0.5, 0.6) is 0 Å². The molecule has 0 aliphatic heterocycles. The van der Waals surface area contributed by atoms with E-state index in [2.05, 4.69) is 20.8 Å². The topological polar surface area (TPSA) is 84.0 Å². The van der Waals surface area contributed by atoms with Crippen LogP contribution >= 0.6 is 34.7 Å². The van der Waals surface area contributed by atoms with Gasteiger partial charge < -0.3 is 10.6 Å². The molecule has 2 aromatic carbocycles. The lowest BCUT2D eigenvalue weighted by atomic mass is 10.2. The Morgan fingerprint density at radius 2 is 1.86 bits per heavy atom. The predicted octanol–water partition coefficient (Wildman–Crippen LogP) is 4.16. The fraction of sp³-hybridized carbons (Fsp3) is 0.158. The maximum absolute atomic E-state index is 12.3. The zero-order valence-electron chi connectivity index (χ0n) is 14.9. The summed E-state index contributed by atoms with van der Waals surface area (Å²) in [5.41, 5.74) is 2.67. The lowest BCUT2D eigenvalue weighted by Crippen LogP contribution is -2.24. The Morgan fingerprint density at radius 3 is 2.61 bits per heavy atom. The molecular formula is C19H17ClN4O2S2. The van der Waals surface area contributed by atoms with Crippen LogP contribution in [0.2, 0.25) is 5.02 Å². The normalized spacial score (nSPS) is 10.5. The summed E-state index contributed by atoms with van der Waals surface area (Å²) in [6, 6.07) is 14.8. The highest BCUT2D eigenvalue weighted by Crippen LogP contribution is 2.23. The van der Waals surface area contributed by atoms with Crippen LogP contribution in [0.15, 0.2) is 52.9 Å². The number of hydrogen-bond acceptors (Lipinski definition) is 6. The quantitative estimate of drug-likeness (QED) is 0.547. The van der Waals surface area contributed by atoms with Crippen molar-refractivity contribution >= 4 is 52.2 Å². The van der Waals surface area contributed by atoms with Crippen LogP contribution in [0.3, 0.4) is 0 Å². The lowest BCUT2D eigenvalue weighted by molar-refractivity contribution is -0.118. The molecule has 144 valence electrons. The summed E-state index contributed by atoms with van der Waals surface area (Å²) in [7, 11) is 0. The molecule has 2 amide bonds. The van der Waals surface area contributed by atoms with Crippen molar-refractivity contribution in [3.63, 3.8) is 0 Å². The van der Waals surface area contributed by atoms with Crippen molar-refractivity contribution in [1.82, 2.24) is 15.5 Å². The molecule has 0 radical (unpaired) electrons. The number of para-hydroxylation sites is 1. The standard InChI is InChI=1S/C19H17ClN4O2S2/c1-12-4-2-3-5-15(12)22-17(26)18-23-24-19(28-18)27-11-16(25)21-10-13-6-8-14(20)9-7-13/h2-9H,10-11H2,1H3,(H,21,25)(H,22,26). The molecule has 28 heavy (non-hydrogen) atoms. The van der Waals surface area contributed by atoms with Crippen LogP contribution in [0, 0.1) is 6.92 Å². The zero-order valence-corrected chi connectivity index (χ0v) is 17.3. The molecule has 0 atom stereocenters. The summed E-state index contributed by atoms with van der Waals surface area (Å²) in [6.07, 6.45) is 0. The third-order valence-electron chi connectivity index (χ3n) is 3.72. The number of anilines is 1. The highest BCUT2D eigenvalue weighted by atomic mass is 35.5.